The molecule has 0 amide bonds. The largest absolute Gasteiger partial charge is 0.458 e. The number of rotatable bonds is 3. The van der Waals surface area contributed by atoms with Crippen molar-refractivity contribution < 1.29 is 34.4 Å². The van der Waals surface area contributed by atoms with Crippen molar-refractivity contribution in [3.63, 3.8) is 0 Å². The van der Waals surface area contributed by atoms with Crippen LogP contribution in [0.3, 0.4) is 0 Å². The highest BCUT2D eigenvalue weighted by atomic mass is 16.6. The van der Waals surface area contributed by atoms with Crippen molar-refractivity contribution in [2.24, 2.45) is 17.8 Å². The van der Waals surface area contributed by atoms with E-state index in [2.05, 4.69) is 6.58 Å². The molecule has 0 aromatic rings. The Balaban J connectivity index is 2.06. The summed E-state index contributed by atoms with van der Waals surface area (Å²) in [4.78, 5) is 24.5. The Morgan fingerprint density at radius 1 is 1.44 bits per heavy atom. The molecule has 1 saturated carbocycles. The Hall–Kier alpha value is -1.70. The summed E-state index contributed by atoms with van der Waals surface area (Å²) in [6.45, 7) is 10.7. The van der Waals surface area contributed by atoms with Gasteiger partial charge in [0.1, 0.15) is 12.2 Å². The molecule has 1 saturated heterocycles. The quantitative estimate of drug-likeness (QED) is 0.378. The van der Waals surface area contributed by atoms with Gasteiger partial charge in [-0.1, -0.05) is 20.4 Å². The molecule has 150 valence electrons. The van der Waals surface area contributed by atoms with Crippen LogP contribution in [0.2, 0.25) is 0 Å². The molecule has 7 atom stereocenters. The van der Waals surface area contributed by atoms with Crippen molar-refractivity contribution >= 4 is 11.9 Å². The van der Waals surface area contributed by atoms with Crippen LogP contribution in [0, 0.1) is 17.8 Å². The highest BCUT2D eigenvalue weighted by molar-refractivity contribution is 5.91. The fourth-order valence-corrected chi connectivity index (χ4v) is 4.73. The molecule has 0 spiro atoms. The number of fused-ring (bicyclic) bond motifs is 3. The van der Waals surface area contributed by atoms with Gasteiger partial charge in [0.2, 0.25) is 0 Å². The Kier molecular flexibility index (Phi) is 4.77. The van der Waals surface area contributed by atoms with Crippen LogP contribution >= 0.6 is 0 Å². The van der Waals surface area contributed by atoms with Gasteiger partial charge in [0.15, 0.2) is 0 Å². The fraction of sp³-hybridized carbons (Fsp3) is 0.700. The summed E-state index contributed by atoms with van der Waals surface area (Å²) in [5.74, 6) is -2.68. The summed E-state index contributed by atoms with van der Waals surface area (Å²) >= 11 is 0. The lowest BCUT2D eigenvalue weighted by molar-refractivity contribution is -0.163. The lowest BCUT2D eigenvalue weighted by atomic mass is 9.73. The van der Waals surface area contributed by atoms with E-state index in [0.717, 1.165) is 0 Å². The topological polar surface area (TPSA) is 113 Å². The number of esters is 2. The number of hydrogen-bond acceptors (Lipinski definition) is 7. The highest BCUT2D eigenvalue weighted by Gasteiger charge is 2.68. The molecule has 27 heavy (non-hydrogen) atoms. The van der Waals surface area contributed by atoms with Gasteiger partial charge in [-0.3, -0.25) is 4.79 Å². The minimum Gasteiger partial charge on any atom is -0.458 e. The van der Waals surface area contributed by atoms with Crippen molar-refractivity contribution in [1.82, 2.24) is 0 Å². The summed E-state index contributed by atoms with van der Waals surface area (Å²) in [6, 6.07) is 0. The van der Waals surface area contributed by atoms with Crippen LogP contribution in [0.1, 0.15) is 40.5 Å². The van der Waals surface area contributed by atoms with Crippen LogP contribution in [-0.2, 0) is 19.1 Å². The van der Waals surface area contributed by atoms with Crippen molar-refractivity contribution in [3.05, 3.63) is 23.8 Å². The second kappa shape index (κ2) is 6.43. The van der Waals surface area contributed by atoms with E-state index in [1.54, 1.807) is 13.0 Å². The molecule has 3 rings (SSSR count). The highest BCUT2D eigenvalue weighted by Crippen LogP contribution is 2.55. The van der Waals surface area contributed by atoms with Crippen molar-refractivity contribution in [1.29, 1.82) is 0 Å². The number of hydrogen-bond donors (Lipinski definition) is 3. The van der Waals surface area contributed by atoms with Crippen LogP contribution in [0.15, 0.2) is 23.8 Å². The molecular formula is C20H28O7. The van der Waals surface area contributed by atoms with Gasteiger partial charge in [0, 0.05) is 18.4 Å². The normalized spacial score (nSPS) is 43.7. The minimum atomic E-state index is -1.69. The van der Waals surface area contributed by atoms with Gasteiger partial charge in [-0.25, -0.2) is 4.79 Å². The molecule has 0 aromatic heterocycles. The number of carbonyl (C=O) groups is 2. The average Bonchev–Trinajstić information content (AvgIpc) is 2.85. The van der Waals surface area contributed by atoms with Gasteiger partial charge in [-0.15, -0.1) is 0 Å². The SMILES string of the molecule is C=C1C(=O)O[C@H]2[C@H]1[C@@H](OC(=O)CC(C)C)C=C(C)[C@]1(O)C[C@@H](O)[C@@](C)(O)[C@H]21. The smallest absolute Gasteiger partial charge is 0.334 e. The maximum atomic E-state index is 12.3. The maximum absolute atomic E-state index is 12.3. The summed E-state index contributed by atoms with van der Waals surface area (Å²) in [7, 11) is 0. The number of aliphatic hydroxyl groups is 3. The van der Waals surface area contributed by atoms with Gasteiger partial charge >= 0.3 is 11.9 Å². The third kappa shape index (κ3) is 3.02. The predicted molar refractivity (Wildman–Crippen MR) is 95.3 cm³/mol. The monoisotopic (exact) mass is 380 g/mol. The minimum absolute atomic E-state index is 0.104. The van der Waals surface area contributed by atoms with E-state index in [4.69, 9.17) is 9.47 Å². The lowest BCUT2D eigenvalue weighted by Gasteiger charge is -2.39. The zero-order valence-corrected chi connectivity index (χ0v) is 16.1. The Bertz CT molecular complexity index is 707. The third-order valence-corrected chi connectivity index (χ3v) is 6.21. The van der Waals surface area contributed by atoms with Gasteiger partial charge in [-0.05, 0) is 31.4 Å². The predicted octanol–water partition coefficient (Wildman–Crippen LogP) is 0.865. The summed E-state index contributed by atoms with van der Waals surface area (Å²) in [6.07, 6.45) is -1.30. The molecule has 7 nitrogen and oxygen atoms in total. The number of carbonyl (C=O) groups excluding carboxylic acids is 2. The first-order chi connectivity index (χ1) is 12.4. The number of ether oxygens (including phenoxy) is 2. The molecule has 1 aliphatic heterocycles. The van der Waals surface area contributed by atoms with E-state index < -0.39 is 53.3 Å². The molecule has 3 N–H and O–H groups in total. The molecule has 0 bridgehead atoms. The molecule has 0 radical (unpaired) electrons. The van der Waals surface area contributed by atoms with E-state index >= 15 is 0 Å². The molecule has 2 aliphatic carbocycles. The van der Waals surface area contributed by atoms with Crippen LogP contribution in [0.5, 0.6) is 0 Å². The Morgan fingerprint density at radius 3 is 2.67 bits per heavy atom. The maximum Gasteiger partial charge on any atom is 0.334 e. The van der Waals surface area contributed by atoms with Gasteiger partial charge < -0.3 is 24.8 Å². The van der Waals surface area contributed by atoms with Crippen molar-refractivity contribution in [2.45, 2.75) is 70.1 Å². The summed E-state index contributed by atoms with van der Waals surface area (Å²) in [5.41, 5.74) is -2.68. The standard InChI is InChI=1S/C20H28O7/c1-9(2)6-14(22)26-12-7-10(3)20(25)8-13(21)19(5,24)17(20)16-15(12)11(4)18(23)27-16/h7,9,12-13,15-17,21,24-25H,4,6,8H2,1-3,5H3/t12-,13+,15+,16-,17-,19+,20+/m0/s1. The molecule has 0 aromatic carbocycles. The first-order valence-corrected chi connectivity index (χ1v) is 9.30. The zero-order chi connectivity index (χ0) is 20.3. The van der Waals surface area contributed by atoms with Crippen molar-refractivity contribution in [3.8, 4) is 0 Å². The van der Waals surface area contributed by atoms with Gasteiger partial charge in [0.25, 0.3) is 0 Å². The van der Waals surface area contributed by atoms with Crippen LogP contribution < -0.4 is 0 Å². The fourth-order valence-electron chi connectivity index (χ4n) is 4.73. The van der Waals surface area contributed by atoms with E-state index in [0.29, 0.717) is 5.57 Å². The molecule has 2 fully saturated rings. The molecule has 3 aliphatic rings. The molecular weight excluding hydrogens is 352 g/mol. The first-order valence-electron chi connectivity index (χ1n) is 9.30. The lowest BCUT2D eigenvalue weighted by Crippen LogP contribution is -2.53. The first kappa shape index (κ1) is 20.0. The van der Waals surface area contributed by atoms with Gasteiger partial charge in [-0.2, -0.15) is 0 Å². The van der Waals surface area contributed by atoms with Crippen LogP contribution in [0.4, 0.5) is 0 Å². The second-order valence-corrected chi connectivity index (χ2v) is 8.67. The number of aliphatic hydroxyl groups excluding tert-OH is 1. The zero-order valence-electron chi connectivity index (χ0n) is 16.1. The van der Waals surface area contributed by atoms with E-state index in [1.807, 2.05) is 13.8 Å². The van der Waals surface area contributed by atoms with E-state index in [9.17, 15) is 24.9 Å². The third-order valence-electron chi connectivity index (χ3n) is 6.21. The molecule has 0 unspecified atom stereocenters. The Morgan fingerprint density at radius 2 is 2.07 bits per heavy atom. The average molecular weight is 380 g/mol. The summed E-state index contributed by atoms with van der Waals surface area (Å²) in [5, 5.41) is 32.6. The van der Waals surface area contributed by atoms with Crippen molar-refractivity contribution in [2.75, 3.05) is 0 Å². The molecule has 7 heteroatoms. The Labute approximate surface area is 158 Å². The van der Waals surface area contributed by atoms with E-state index in [1.165, 1.54) is 6.92 Å². The van der Waals surface area contributed by atoms with Crippen LogP contribution in [0.25, 0.3) is 0 Å². The molecule has 1 heterocycles. The van der Waals surface area contributed by atoms with Gasteiger partial charge in [0.05, 0.1) is 29.1 Å². The van der Waals surface area contributed by atoms with Crippen LogP contribution in [-0.4, -0.2) is 56.8 Å². The van der Waals surface area contributed by atoms with E-state index in [-0.39, 0.29) is 24.3 Å². The second-order valence-electron chi connectivity index (χ2n) is 8.67. The summed E-state index contributed by atoms with van der Waals surface area (Å²) < 4.78 is 11.1.